The molecule has 0 aliphatic carbocycles. The van der Waals surface area contributed by atoms with Crippen LogP contribution in [0.3, 0.4) is 0 Å². The van der Waals surface area contributed by atoms with Crippen molar-refractivity contribution in [1.29, 1.82) is 0 Å². The summed E-state index contributed by atoms with van der Waals surface area (Å²) in [5.41, 5.74) is -0.385. The molecule has 1 aromatic heterocycles. The first kappa shape index (κ1) is 16.4. The molecular formula is C10H15ClN2O4S2. The van der Waals surface area contributed by atoms with E-state index in [1.807, 2.05) is 20.8 Å². The molecule has 1 aromatic rings. The minimum atomic E-state index is -3.74. The average molecular weight is 327 g/mol. The molecule has 0 fully saturated rings. The van der Waals surface area contributed by atoms with Gasteiger partial charge in [0.1, 0.15) is 4.21 Å². The molecule has 0 spiro atoms. The Morgan fingerprint density at radius 1 is 1.47 bits per heavy atom. The van der Waals surface area contributed by atoms with Crippen molar-refractivity contribution in [1.82, 2.24) is 4.72 Å². The van der Waals surface area contributed by atoms with E-state index in [9.17, 15) is 18.5 Å². The molecule has 0 atom stereocenters. The first-order chi connectivity index (χ1) is 8.53. The van der Waals surface area contributed by atoms with Crippen LogP contribution in [-0.2, 0) is 10.0 Å². The van der Waals surface area contributed by atoms with Gasteiger partial charge in [-0.05, 0) is 11.8 Å². The maximum Gasteiger partial charge on any atom is 0.300 e. The summed E-state index contributed by atoms with van der Waals surface area (Å²) >= 11 is 6.32. The maximum absolute atomic E-state index is 11.9. The minimum Gasteiger partial charge on any atom is -0.258 e. The van der Waals surface area contributed by atoms with Crippen LogP contribution in [0.5, 0.6) is 0 Å². The highest BCUT2D eigenvalue weighted by molar-refractivity contribution is 7.91. The van der Waals surface area contributed by atoms with Gasteiger partial charge in [0.25, 0.3) is 5.69 Å². The van der Waals surface area contributed by atoms with Crippen LogP contribution >= 0.6 is 22.9 Å². The van der Waals surface area contributed by atoms with Crippen LogP contribution in [0.25, 0.3) is 0 Å². The molecule has 0 bridgehead atoms. The number of thiophene rings is 1. The van der Waals surface area contributed by atoms with Crippen molar-refractivity contribution in [2.24, 2.45) is 5.41 Å². The van der Waals surface area contributed by atoms with E-state index in [0.29, 0.717) is 17.8 Å². The number of sulfonamides is 1. The van der Waals surface area contributed by atoms with E-state index in [1.54, 1.807) is 0 Å². The molecule has 0 unspecified atom stereocenters. The standard InChI is InChI=1S/C10H15ClN2O4S2/c1-10(2,3)4-5-12-19(16,17)8-6-7(13(14)15)9(11)18-8/h6,12H,4-5H2,1-3H3. The molecule has 9 heteroatoms. The van der Waals surface area contributed by atoms with Crippen LogP contribution in [0.2, 0.25) is 4.34 Å². The van der Waals surface area contributed by atoms with E-state index < -0.39 is 14.9 Å². The fourth-order valence-corrected chi connectivity index (χ4v) is 3.97. The zero-order valence-corrected chi connectivity index (χ0v) is 13.2. The summed E-state index contributed by atoms with van der Waals surface area (Å²) in [4.78, 5) is 9.92. The third kappa shape index (κ3) is 4.72. The fourth-order valence-electron chi connectivity index (χ4n) is 1.23. The van der Waals surface area contributed by atoms with Gasteiger partial charge in [0.2, 0.25) is 10.0 Å². The maximum atomic E-state index is 11.9. The van der Waals surface area contributed by atoms with Crippen LogP contribution in [0.4, 0.5) is 5.69 Å². The summed E-state index contributed by atoms with van der Waals surface area (Å²) in [5, 5.41) is 10.6. The van der Waals surface area contributed by atoms with Crippen LogP contribution < -0.4 is 4.72 Å². The van der Waals surface area contributed by atoms with Gasteiger partial charge in [0.15, 0.2) is 4.34 Å². The quantitative estimate of drug-likeness (QED) is 0.665. The zero-order chi connectivity index (χ0) is 14.8. The first-order valence-corrected chi connectivity index (χ1v) is 8.14. The summed E-state index contributed by atoms with van der Waals surface area (Å²) in [5.74, 6) is 0. The number of nitrogens with one attached hydrogen (secondary N) is 1. The fraction of sp³-hybridized carbons (Fsp3) is 0.600. The van der Waals surface area contributed by atoms with Crippen LogP contribution in [-0.4, -0.2) is 19.9 Å². The number of rotatable bonds is 5. The molecule has 0 saturated carbocycles. The molecule has 0 amide bonds. The van der Waals surface area contributed by atoms with Crippen molar-refractivity contribution >= 4 is 38.6 Å². The largest absolute Gasteiger partial charge is 0.300 e. The lowest BCUT2D eigenvalue weighted by molar-refractivity contribution is -0.384. The highest BCUT2D eigenvalue weighted by atomic mass is 35.5. The summed E-state index contributed by atoms with van der Waals surface area (Å²) in [6.07, 6.45) is 0.660. The number of nitro groups is 1. The van der Waals surface area contributed by atoms with E-state index in [0.717, 1.165) is 6.07 Å². The predicted molar refractivity (Wildman–Crippen MR) is 75.2 cm³/mol. The molecule has 0 aliphatic rings. The SMILES string of the molecule is CC(C)(C)CCNS(=O)(=O)c1cc([N+](=O)[O-])c(Cl)s1. The molecule has 1 N–H and O–H groups in total. The van der Waals surface area contributed by atoms with Gasteiger partial charge in [0.05, 0.1) is 4.92 Å². The molecule has 6 nitrogen and oxygen atoms in total. The Morgan fingerprint density at radius 2 is 2.05 bits per heavy atom. The second kappa shape index (κ2) is 5.74. The molecule has 108 valence electrons. The molecular weight excluding hydrogens is 312 g/mol. The second-order valence-corrected chi connectivity index (χ2v) is 8.84. The number of hydrogen-bond donors (Lipinski definition) is 1. The molecule has 0 aliphatic heterocycles. The summed E-state index contributed by atoms with van der Waals surface area (Å²) < 4.78 is 26.0. The van der Waals surface area contributed by atoms with Crippen molar-refractivity contribution < 1.29 is 13.3 Å². The summed E-state index contributed by atoms with van der Waals surface area (Å²) in [6, 6.07) is 0.979. The zero-order valence-electron chi connectivity index (χ0n) is 10.8. The topological polar surface area (TPSA) is 89.3 Å². The molecule has 19 heavy (non-hydrogen) atoms. The van der Waals surface area contributed by atoms with E-state index in [-0.39, 0.29) is 26.2 Å². The predicted octanol–water partition coefficient (Wildman–Crippen LogP) is 3.02. The molecule has 0 saturated heterocycles. The third-order valence-corrected chi connectivity index (χ3v) is 5.55. The van der Waals surface area contributed by atoms with Gasteiger partial charge in [-0.15, -0.1) is 11.3 Å². The highest BCUT2D eigenvalue weighted by Gasteiger charge is 2.25. The summed E-state index contributed by atoms with van der Waals surface area (Å²) in [7, 11) is -3.74. The molecule has 0 radical (unpaired) electrons. The smallest absolute Gasteiger partial charge is 0.258 e. The van der Waals surface area contributed by atoms with Crippen molar-refractivity contribution in [2.45, 2.75) is 31.4 Å². The van der Waals surface area contributed by atoms with Crippen LogP contribution in [0.1, 0.15) is 27.2 Å². The number of nitrogens with zero attached hydrogens (tertiary/aromatic N) is 1. The van der Waals surface area contributed by atoms with Crippen molar-refractivity contribution in [2.75, 3.05) is 6.54 Å². The van der Waals surface area contributed by atoms with Gasteiger partial charge < -0.3 is 0 Å². The van der Waals surface area contributed by atoms with Crippen molar-refractivity contribution in [3.63, 3.8) is 0 Å². The number of hydrogen-bond acceptors (Lipinski definition) is 5. The van der Waals surface area contributed by atoms with E-state index in [1.165, 1.54) is 0 Å². The van der Waals surface area contributed by atoms with Crippen molar-refractivity contribution in [3.8, 4) is 0 Å². The number of halogens is 1. The Hall–Kier alpha value is -0.700. The summed E-state index contributed by atoms with van der Waals surface area (Å²) in [6.45, 7) is 6.26. The lowest BCUT2D eigenvalue weighted by Gasteiger charge is -2.17. The molecule has 0 aromatic carbocycles. The average Bonchev–Trinajstić information content (AvgIpc) is 2.58. The van der Waals surface area contributed by atoms with Gasteiger partial charge in [-0.3, -0.25) is 10.1 Å². The van der Waals surface area contributed by atoms with Crippen LogP contribution in [0, 0.1) is 15.5 Å². The Balaban J connectivity index is 2.84. The normalized spacial score (nSPS) is 12.6. The first-order valence-electron chi connectivity index (χ1n) is 5.46. The highest BCUT2D eigenvalue weighted by Crippen LogP contribution is 2.36. The van der Waals surface area contributed by atoms with Gasteiger partial charge in [0, 0.05) is 12.6 Å². The monoisotopic (exact) mass is 326 g/mol. The van der Waals surface area contributed by atoms with E-state index in [4.69, 9.17) is 11.6 Å². The molecule has 1 heterocycles. The Bertz CT molecular complexity index is 575. The van der Waals surface area contributed by atoms with Crippen molar-refractivity contribution in [3.05, 3.63) is 20.5 Å². The van der Waals surface area contributed by atoms with Gasteiger partial charge in [-0.1, -0.05) is 32.4 Å². The minimum absolute atomic E-state index is 0.00160. The lowest BCUT2D eigenvalue weighted by Crippen LogP contribution is -2.26. The Labute approximate surface area is 121 Å². The van der Waals surface area contributed by atoms with E-state index in [2.05, 4.69) is 4.72 Å². The van der Waals surface area contributed by atoms with E-state index >= 15 is 0 Å². The Morgan fingerprint density at radius 3 is 2.47 bits per heavy atom. The van der Waals surface area contributed by atoms with Gasteiger partial charge in [-0.2, -0.15) is 0 Å². The lowest BCUT2D eigenvalue weighted by atomic mass is 9.93. The molecule has 1 rings (SSSR count). The van der Waals surface area contributed by atoms with Crippen LogP contribution in [0.15, 0.2) is 10.3 Å². The van der Waals surface area contributed by atoms with Gasteiger partial charge in [-0.25, -0.2) is 13.1 Å². The van der Waals surface area contributed by atoms with Gasteiger partial charge >= 0.3 is 0 Å². The third-order valence-electron chi connectivity index (χ3n) is 2.27. The Kier molecular flexibility index (Phi) is 4.94. The second-order valence-electron chi connectivity index (χ2n) is 5.19.